The van der Waals surface area contributed by atoms with Crippen molar-refractivity contribution in [3.8, 4) is 0 Å². The number of aromatic nitrogens is 1. The molecule has 0 spiro atoms. The fourth-order valence-corrected chi connectivity index (χ4v) is 2.32. The summed E-state index contributed by atoms with van der Waals surface area (Å²) in [5, 5.41) is 10.3. The maximum absolute atomic E-state index is 13.5. The van der Waals surface area contributed by atoms with Gasteiger partial charge in [0.25, 0.3) is 0 Å². The smallest absolute Gasteiger partial charge is 0.191 e. The molecule has 2 rings (SSSR count). The Morgan fingerprint density at radius 3 is 2.74 bits per heavy atom. The maximum Gasteiger partial charge on any atom is 0.191 e. The van der Waals surface area contributed by atoms with Gasteiger partial charge in [0.15, 0.2) is 5.96 Å². The lowest BCUT2D eigenvalue weighted by atomic mass is 10.2. The van der Waals surface area contributed by atoms with Crippen molar-refractivity contribution in [3.05, 3.63) is 51.1 Å². The maximum atomic E-state index is 13.5. The van der Waals surface area contributed by atoms with E-state index in [4.69, 9.17) is 4.52 Å². The molecule has 1 heterocycles. The van der Waals surface area contributed by atoms with Gasteiger partial charge in [0.2, 0.25) is 0 Å². The van der Waals surface area contributed by atoms with Crippen LogP contribution in [0.2, 0.25) is 0 Å². The molecule has 0 fully saturated rings. The molecule has 0 radical (unpaired) electrons. The van der Waals surface area contributed by atoms with Crippen molar-refractivity contribution < 1.29 is 8.91 Å². The van der Waals surface area contributed by atoms with E-state index in [1.165, 1.54) is 6.07 Å². The summed E-state index contributed by atoms with van der Waals surface area (Å²) in [6.45, 7) is 7.48. The lowest BCUT2D eigenvalue weighted by Gasteiger charge is -2.11. The molecule has 0 aliphatic carbocycles. The Hall–Kier alpha value is -1.89. The standard InChI is InChI=1S/C16H20BrFN4O/c1-4-19-16(21-9-13-10(2)22-23-11(13)3)20-8-12-5-6-14(17)15(18)7-12/h5-7H,4,8-9H2,1-3H3,(H2,19,20,21). The third-order valence-electron chi connectivity index (χ3n) is 3.36. The average molecular weight is 383 g/mol. The predicted molar refractivity (Wildman–Crippen MR) is 91.7 cm³/mol. The minimum atomic E-state index is -0.286. The van der Waals surface area contributed by atoms with Crippen LogP contribution in [-0.4, -0.2) is 17.7 Å². The summed E-state index contributed by atoms with van der Waals surface area (Å²) >= 11 is 3.14. The van der Waals surface area contributed by atoms with Gasteiger partial charge in [-0.3, -0.25) is 0 Å². The Morgan fingerprint density at radius 1 is 1.35 bits per heavy atom. The SMILES string of the molecule is CCNC(=NCc1ccc(Br)c(F)c1)NCc1c(C)noc1C. The highest BCUT2D eigenvalue weighted by Gasteiger charge is 2.09. The number of nitrogens with one attached hydrogen (secondary N) is 2. The molecule has 0 saturated carbocycles. The van der Waals surface area contributed by atoms with Crippen molar-refractivity contribution in [3.63, 3.8) is 0 Å². The van der Waals surface area contributed by atoms with Crippen molar-refractivity contribution in [2.24, 2.45) is 4.99 Å². The first kappa shape index (κ1) is 17.5. The van der Waals surface area contributed by atoms with Gasteiger partial charge in [-0.05, 0) is 54.4 Å². The van der Waals surface area contributed by atoms with Crippen LogP contribution in [0.3, 0.4) is 0 Å². The minimum absolute atomic E-state index is 0.286. The van der Waals surface area contributed by atoms with Crippen LogP contribution in [0.4, 0.5) is 4.39 Å². The van der Waals surface area contributed by atoms with Crippen LogP contribution in [0.1, 0.15) is 29.5 Å². The zero-order valence-electron chi connectivity index (χ0n) is 13.4. The molecule has 7 heteroatoms. The van der Waals surface area contributed by atoms with Gasteiger partial charge in [0, 0.05) is 18.7 Å². The molecular formula is C16H20BrFN4O. The molecule has 0 saturated heterocycles. The first-order valence-corrected chi connectivity index (χ1v) is 8.18. The number of rotatable bonds is 5. The molecule has 2 N–H and O–H groups in total. The first-order chi connectivity index (χ1) is 11.0. The Balaban J connectivity index is 2.03. The minimum Gasteiger partial charge on any atom is -0.361 e. The van der Waals surface area contributed by atoms with E-state index in [1.807, 2.05) is 26.8 Å². The van der Waals surface area contributed by atoms with E-state index in [1.54, 1.807) is 6.07 Å². The topological polar surface area (TPSA) is 62.5 Å². The van der Waals surface area contributed by atoms with Gasteiger partial charge < -0.3 is 15.2 Å². The van der Waals surface area contributed by atoms with Crippen LogP contribution in [0, 0.1) is 19.7 Å². The van der Waals surface area contributed by atoms with E-state index in [2.05, 4.69) is 36.7 Å². The molecule has 0 atom stereocenters. The second-order valence-corrected chi connectivity index (χ2v) is 5.95. The molecular weight excluding hydrogens is 363 g/mol. The van der Waals surface area contributed by atoms with Crippen molar-refractivity contribution in [1.29, 1.82) is 0 Å². The van der Waals surface area contributed by atoms with E-state index in [9.17, 15) is 4.39 Å². The van der Waals surface area contributed by atoms with E-state index in [0.717, 1.165) is 29.1 Å². The Morgan fingerprint density at radius 2 is 2.13 bits per heavy atom. The number of nitrogens with zero attached hydrogens (tertiary/aromatic N) is 2. The van der Waals surface area contributed by atoms with Gasteiger partial charge >= 0.3 is 0 Å². The largest absolute Gasteiger partial charge is 0.361 e. The summed E-state index contributed by atoms with van der Waals surface area (Å²) in [5.41, 5.74) is 2.69. The summed E-state index contributed by atoms with van der Waals surface area (Å²) in [6, 6.07) is 5.00. The number of halogens is 2. The highest BCUT2D eigenvalue weighted by Crippen LogP contribution is 2.17. The van der Waals surface area contributed by atoms with E-state index >= 15 is 0 Å². The first-order valence-electron chi connectivity index (χ1n) is 7.39. The second-order valence-electron chi connectivity index (χ2n) is 5.10. The highest BCUT2D eigenvalue weighted by atomic mass is 79.9. The van der Waals surface area contributed by atoms with Crippen molar-refractivity contribution in [2.75, 3.05) is 6.54 Å². The van der Waals surface area contributed by atoms with Crippen LogP contribution in [0.15, 0.2) is 32.2 Å². The normalized spacial score (nSPS) is 11.6. The van der Waals surface area contributed by atoms with Crippen LogP contribution < -0.4 is 10.6 Å². The lowest BCUT2D eigenvalue weighted by molar-refractivity contribution is 0.392. The third-order valence-corrected chi connectivity index (χ3v) is 4.00. The van der Waals surface area contributed by atoms with Crippen molar-refractivity contribution >= 4 is 21.9 Å². The number of benzene rings is 1. The van der Waals surface area contributed by atoms with Crippen LogP contribution in [0.25, 0.3) is 0 Å². The molecule has 1 aromatic carbocycles. The van der Waals surface area contributed by atoms with Gasteiger partial charge in [-0.25, -0.2) is 9.38 Å². The van der Waals surface area contributed by atoms with Gasteiger partial charge in [-0.2, -0.15) is 0 Å². The molecule has 1 aromatic heterocycles. The number of hydrogen-bond donors (Lipinski definition) is 2. The van der Waals surface area contributed by atoms with Gasteiger partial charge in [0.05, 0.1) is 16.7 Å². The van der Waals surface area contributed by atoms with Gasteiger partial charge in [-0.15, -0.1) is 0 Å². The summed E-state index contributed by atoms with van der Waals surface area (Å²) in [4.78, 5) is 4.47. The Labute approximate surface area is 143 Å². The van der Waals surface area contributed by atoms with Crippen molar-refractivity contribution in [1.82, 2.24) is 15.8 Å². The average Bonchev–Trinajstić information content (AvgIpc) is 2.84. The monoisotopic (exact) mass is 382 g/mol. The van der Waals surface area contributed by atoms with Gasteiger partial charge in [0.1, 0.15) is 11.6 Å². The third kappa shape index (κ3) is 4.79. The summed E-state index contributed by atoms with van der Waals surface area (Å²) < 4.78 is 19.1. The molecule has 0 amide bonds. The molecule has 0 aliphatic heterocycles. The van der Waals surface area contributed by atoms with E-state index in [-0.39, 0.29) is 5.82 Å². The van der Waals surface area contributed by atoms with Crippen LogP contribution in [0.5, 0.6) is 0 Å². The van der Waals surface area contributed by atoms with Crippen LogP contribution >= 0.6 is 15.9 Å². The predicted octanol–water partition coefficient (Wildman–Crippen LogP) is 3.45. The van der Waals surface area contributed by atoms with E-state index < -0.39 is 0 Å². The van der Waals surface area contributed by atoms with Crippen LogP contribution in [-0.2, 0) is 13.1 Å². The van der Waals surface area contributed by atoms with E-state index in [0.29, 0.717) is 23.5 Å². The number of guanidine groups is 1. The zero-order valence-corrected chi connectivity index (χ0v) is 15.0. The fraction of sp³-hybridized carbons (Fsp3) is 0.375. The Kier molecular flexibility index (Phi) is 6.15. The second kappa shape index (κ2) is 8.10. The molecule has 0 aliphatic rings. The number of aliphatic imine (C=N–C) groups is 1. The Bertz CT molecular complexity index is 680. The highest BCUT2D eigenvalue weighted by molar-refractivity contribution is 9.10. The number of aryl methyl sites for hydroxylation is 2. The molecule has 124 valence electrons. The lowest BCUT2D eigenvalue weighted by Crippen LogP contribution is -2.37. The number of hydrogen-bond acceptors (Lipinski definition) is 3. The molecule has 2 aromatic rings. The summed E-state index contributed by atoms with van der Waals surface area (Å²) in [6.07, 6.45) is 0. The van der Waals surface area contributed by atoms with Crippen molar-refractivity contribution in [2.45, 2.75) is 33.9 Å². The molecule has 23 heavy (non-hydrogen) atoms. The fourth-order valence-electron chi connectivity index (χ4n) is 2.08. The zero-order chi connectivity index (χ0) is 16.8. The summed E-state index contributed by atoms with van der Waals surface area (Å²) in [7, 11) is 0. The van der Waals surface area contributed by atoms with Gasteiger partial charge in [-0.1, -0.05) is 11.2 Å². The molecule has 0 unspecified atom stereocenters. The quantitative estimate of drug-likeness (QED) is 0.613. The molecule has 5 nitrogen and oxygen atoms in total. The summed E-state index contributed by atoms with van der Waals surface area (Å²) in [5.74, 6) is 1.17. The molecule has 0 bridgehead atoms.